The second-order valence-corrected chi connectivity index (χ2v) is 10.3. The van der Waals surface area contributed by atoms with Crippen LogP contribution in [0.5, 0.6) is 5.88 Å². The Bertz CT molecular complexity index is 1280. The highest BCUT2D eigenvalue weighted by Gasteiger charge is 2.33. The molecule has 5 nitrogen and oxygen atoms in total. The van der Waals surface area contributed by atoms with E-state index >= 15 is 0 Å². The van der Waals surface area contributed by atoms with Crippen molar-refractivity contribution in [3.63, 3.8) is 0 Å². The second kappa shape index (κ2) is 9.03. The summed E-state index contributed by atoms with van der Waals surface area (Å²) in [5, 5.41) is 2.43. The molecule has 1 saturated heterocycles. The lowest BCUT2D eigenvalue weighted by atomic mass is 9.81. The Kier molecular flexibility index (Phi) is 5.74. The molecule has 2 fully saturated rings. The Balaban J connectivity index is 1.07. The van der Waals surface area contributed by atoms with E-state index in [-0.39, 0.29) is 0 Å². The molecule has 4 aromatic rings. The van der Waals surface area contributed by atoms with E-state index in [4.69, 9.17) is 4.74 Å². The third-order valence-electron chi connectivity index (χ3n) is 8.16. The molecule has 2 aliphatic rings. The molecule has 5 heteroatoms. The molecule has 1 aromatic carbocycles. The number of likely N-dealkylation sites (tertiary alicyclic amines) is 1. The van der Waals surface area contributed by atoms with Gasteiger partial charge in [0, 0.05) is 60.1 Å². The van der Waals surface area contributed by atoms with Gasteiger partial charge in [0.15, 0.2) is 0 Å². The molecular weight excluding hydrogens is 420 g/mol. The van der Waals surface area contributed by atoms with Crippen molar-refractivity contribution in [3.8, 4) is 17.0 Å². The summed E-state index contributed by atoms with van der Waals surface area (Å²) in [4.78, 5) is 11.6. The minimum absolute atomic E-state index is 0.317. The highest BCUT2D eigenvalue weighted by atomic mass is 16.5. The van der Waals surface area contributed by atoms with Gasteiger partial charge in [-0.2, -0.15) is 0 Å². The smallest absolute Gasteiger partial charge is 0.213 e. The van der Waals surface area contributed by atoms with Gasteiger partial charge in [0.1, 0.15) is 6.10 Å². The van der Waals surface area contributed by atoms with Crippen LogP contribution in [0.15, 0.2) is 55.0 Å². The minimum Gasteiger partial charge on any atom is -0.474 e. The van der Waals surface area contributed by atoms with Crippen molar-refractivity contribution in [2.24, 2.45) is 18.9 Å². The molecular formula is C29H34N4O. The number of nitrogens with zero attached hydrogens (tertiary/aromatic N) is 4. The van der Waals surface area contributed by atoms with E-state index in [1.807, 2.05) is 24.7 Å². The van der Waals surface area contributed by atoms with Crippen LogP contribution < -0.4 is 4.74 Å². The average molecular weight is 455 g/mol. The molecule has 0 radical (unpaired) electrons. The molecule has 34 heavy (non-hydrogen) atoms. The zero-order chi connectivity index (χ0) is 23.1. The number of pyridine rings is 2. The predicted molar refractivity (Wildman–Crippen MR) is 138 cm³/mol. The van der Waals surface area contributed by atoms with Gasteiger partial charge in [0.05, 0.1) is 5.52 Å². The number of hydrogen-bond donors (Lipinski definition) is 0. The van der Waals surface area contributed by atoms with Gasteiger partial charge < -0.3 is 14.2 Å². The Morgan fingerprint density at radius 1 is 0.912 bits per heavy atom. The van der Waals surface area contributed by atoms with Crippen LogP contribution in [0.25, 0.3) is 32.9 Å². The van der Waals surface area contributed by atoms with Gasteiger partial charge in [-0.1, -0.05) is 25.5 Å². The molecule has 0 spiro atoms. The van der Waals surface area contributed by atoms with Gasteiger partial charge in [-0.05, 0) is 74.4 Å². The van der Waals surface area contributed by atoms with Crippen molar-refractivity contribution in [2.75, 3.05) is 19.6 Å². The number of aromatic nitrogens is 3. The van der Waals surface area contributed by atoms with Crippen molar-refractivity contribution >= 4 is 21.8 Å². The normalized spacial score (nSPS) is 21.7. The maximum absolute atomic E-state index is 6.18. The predicted octanol–water partition coefficient (Wildman–Crippen LogP) is 6.07. The van der Waals surface area contributed by atoms with Crippen LogP contribution in [0.3, 0.4) is 0 Å². The number of hydrogen-bond acceptors (Lipinski definition) is 4. The van der Waals surface area contributed by atoms with Gasteiger partial charge in [-0.25, -0.2) is 4.98 Å². The summed E-state index contributed by atoms with van der Waals surface area (Å²) in [6.45, 7) is 6.14. The standard InChI is InChI=1S/C29H34N4O/c1-3-20-9-12-33(13-10-20)19-21-14-24(15-21)34-29-7-5-23(17-31-29)22-4-6-25-26-18-30-11-8-27(26)32(2)28(25)16-22/h4-8,11,16-18,20-21,24H,3,9-10,12-15,19H2,1-2H3. The summed E-state index contributed by atoms with van der Waals surface area (Å²) in [7, 11) is 2.11. The molecule has 0 unspecified atom stereocenters. The first kappa shape index (κ1) is 21.6. The quantitative estimate of drug-likeness (QED) is 0.355. The molecule has 1 aliphatic carbocycles. The second-order valence-electron chi connectivity index (χ2n) is 10.3. The number of aryl methyl sites for hydroxylation is 1. The number of piperidine rings is 1. The fourth-order valence-electron chi connectivity index (χ4n) is 5.89. The van der Waals surface area contributed by atoms with Crippen LogP contribution in [0.2, 0.25) is 0 Å². The summed E-state index contributed by atoms with van der Waals surface area (Å²) >= 11 is 0. The third-order valence-corrected chi connectivity index (χ3v) is 8.16. The van der Waals surface area contributed by atoms with E-state index in [0.717, 1.165) is 36.1 Å². The van der Waals surface area contributed by atoms with E-state index in [9.17, 15) is 0 Å². The zero-order valence-electron chi connectivity index (χ0n) is 20.3. The number of benzene rings is 1. The molecule has 0 atom stereocenters. The zero-order valence-corrected chi connectivity index (χ0v) is 20.3. The van der Waals surface area contributed by atoms with Crippen molar-refractivity contribution in [1.29, 1.82) is 0 Å². The van der Waals surface area contributed by atoms with Crippen LogP contribution in [0.4, 0.5) is 0 Å². The molecule has 3 aromatic heterocycles. The topological polar surface area (TPSA) is 43.2 Å². The first-order valence-electron chi connectivity index (χ1n) is 12.9. The lowest BCUT2D eigenvalue weighted by Crippen LogP contribution is -2.43. The van der Waals surface area contributed by atoms with Gasteiger partial charge in [-0.15, -0.1) is 0 Å². The summed E-state index contributed by atoms with van der Waals surface area (Å²) in [6, 6.07) is 12.8. The van der Waals surface area contributed by atoms with E-state index in [2.05, 4.69) is 63.7 Å². The first-order chi connectivity index (χ1) is 16.7. The van der Waals surface area contributed by atoms with E-state index in [1.54, 1.807) is 0 Å². The minimum atomic E-state index is 0.317. The Morgan fingerprint density at radius 2 is 1.74 bits per heavy atom. The van der Waals surface area contributed by atoms with Gasteiger partial charge >= 0.3 is 0 Å². The third kappa shape index (κ3) is 4.07. The van der Waals surface area contributed by atoms with Crippen molar-refractivity contribution < 1.29 is 4.74 Å². The molecule has 1 saturated carbocycles. The lowest BCUT2D eigenvalue weighted by Gasteiger charge is -2.40. The van der Waals surface area contributed by atoms with Gasteiger partial charge in [0.2, 0.25) is 5.88 Å². The Hall–Kier alpha value is -2.92. The maximum Gasteiger partial charge on any atom is 0.213 e. The highest BCUT2D eigenvalue weighted by Crippen LogP contribution is 2.34. The SMILES string of the molecule is CCC1CCN(CC2CC(Oc3ccc(-c4ccc5c6cnccc6n(C)c5c4)cn3)C2)CC1. The van der Waals surface area contributed by atoms with Crippen molar-refractivity contribution in [1.82, 2.24) is 19.4 Å². The van der Waals surface area contributed by atoms with E-state index in [0.29, 0.717) is 6.10 Å². The molecule has 4 heterocycles. The summed E-state index contributed by atoms with van der Waals surface area (Å²) in [5.74, 6) is 2.48. The largest absolute Gasteiger partial charge is 0.474 e. The summed E-state index contributed by atoms with van der Waals surface area (Å²) in [5.41, 5.74) is 4.69. The van der Waals surface area contributed by atoms with Crippen molar-refractivity contribution in [2.45, 2.75) is 45.1 Å². The van der Waals surface area contributed by atoms with Crippen LogP contribution in [0.1, 0.15) is 39.0 Å². The molecule has 176 valence electrons. The average Bonchev–Trinajstić information content (AvgIpc) is 3.15. The molecule has 0 N–H and O–H groups in total. The molecule has 6 rings (SSSR count). The van der Waals surface area contributed by atoms with Crippen LogP contribution in [0, 0.1) is 11.8 Å². The number of ether oxygens (including phenoxy) is 1. The van der Waals surface area contributed by atoms with Crippen LogP contribution in [-0.4, -0.2) is 45.2 Å². The van der Waals surface area contributed by atoms with E-state index < -0.39 is 0 Å². The fourth-order valence-corrected chi connectivity index (χ4v) is 5.89. The Labute approximate surface area is 201 Å². The van der Waals surface area contributed by atoms with Crippen LogP contribution in [-0.2, 0) is 7.05 Å². The van der Waals surface area contributed by atoms with Gasteiger partial charge in [0.25, 0.3) is 0 Å². The molecule has 1 aliphatic heterocycles. The van der Waals surface area contributed by atoms with Gasteiger partial charge in [-0.3, -0.25) is 4.98 Å². The molecule has 0 amide bonds. The maximum atomic E-state index is 6.18. The Morgan fingerprint density at radius 3 is 2.50 bits per heavy atom. The lowest BCUT2D eigenvalue weighted by molar-refractivity contribution is 0.0324. The number of rotatable bonds is 6. The summed E-state index contributed by atoms with van der Waals surface area (Å²) in [6.07, 6.45) is 12.5. The first-order valence-corrected chi connectivity index (χ1v) is 12.9. The molecule has 0 bridgehead atoms. The number of fused-ring (bicyclic) bond motifs is 3. The fraction of sp³-hybridized carbons (Fsp3) is 0.448. The van der Waals surface area contributed by atoms with E-state index in [1.165, 1.54) is 66.3 Å². The van der Waals surface area contributed by atoms with Crippen molar-refractivity contribution in [3.05, 3.63) is 55.0 Å². The van der Waals surface area contributed by atoms with Crippen LogP contribution >= 0.6 is 0 Å². The highest BCUT2D eigenvalue weighted by molar-refractivity contribution is 6.08. The summed E-state index contributed by atoms with van der Waals surface area (Å²) < 4.78 is 8.42. The monoisotopic (exact) mass is 454 g/mol.